The zero-order valence-corrected chi connectivity index (χ0v) is 21.8. The molecule has 3 heterocycles. The van der Waals surface area contributed by atoms with Crippen LogP contribution in [-0.2, 0) is 14.3 Å². The van der Waals surface area contributed by atoms with Gasteiger partial charge in [0.2, 0.25) is 11.8 Å². The van der Waals surface area contributed by atoms with Crippen LogP contribution in [0, 0.1) is 29.6 Å². The van der Waals surface area contributed by atoms with Crippen molar-refractivity contribution in [3.63, 3.8) is 0 Å². The van der Waals surface area contributed by atoms with Gasteiger partial charge in [-0.1, -0.05) is 18.9 Å². The van der Waals surface area contributed by atoms with Crippen LogP contribution in [-0.4, -0.2) is 86.2 Å². The first-order valence-electron chi connectivity index (χ1n) is 14.2. The van der Waals surface area contributed by atoms with Crippen molar-refractivity contribution in [2.24, 2.45) is 29.6 Å². The van der Waals surface area contributed by atoms with Crippen LogP contribution in [0.3, 0.4) is 0 Å². The van der Waals surface area contributed by atoms with Crippen molar-refractivity contribution in [2.75, 3.05) is 40.3 Å². The van der Waals surface area contributed by atoms with E-state index in [9.17, 15) is 9.59 Å². The highest BCUT2D eigenvalue weighted by atomic mass is 16.5. The second-order valence-corrected chi connectivity index (χ2v) is 12.0. The van der Waals surface area contributed by atoms with Crippen molar-refractivity contribution >= 4 is 11.8 Å². The molecule has 7 heteroatoms. The van der Waals surface area contributed by atoms with Crippen LogP contribution >= 0.6 is 0 Å². The molecule has 0 spiro atoms. The molecule has 3 aliphatic heterocycles. The monoisotopic (exact) mass is 486 g/mol. The largest absolute Gasteiger partial charge is 0.368 e. The van der Waals surface area contributed by atoms with E-state index in [0.717, 1.165) is 51.6 Å². The summed E-state index contributed by atoms with van der Waals surface area (Å²) in [5.41, 5.74) is 0. The molecular formula is C28H46N4O3. The van der Waals surface area contributed by atoms with Gasteiger partial charge in [0, 0.05) is 24.5 Å². The maximum Gasteiger partial charge on any atom is 0.246 e. The summed E-state index contributed by atoms with van der Waals surface area (Å²) in [6.45, 7) is 6.91. The van der Waals surface area contributed by atoms with E-state index in [1.165, 1.54) is 19.3 Å². The van der Waals surface area contributed by atoms with Gasteiger partial charge < -0.3 is 25.2 Å². The normalized spacial score (nSPS) is 40.1. The fraction of sp³-hybridized carbons (Fsp3) is 0.857. The van der Waals surface area contributed by atoms with Crippen LogP contribution in [0.5, 0.6) is 0 Å². The van der Waals surface area contributed by atoms with Crippen molar-refractivity contribution in [3.8, 4) is 0 Å². The van der Waals surface area contributed by atoms with Crippen molar-refractivity contribution in [3.05, 3.63) is 12.7 Å². The summed E-state index contributed by atoms with van der Waals surface area (Å²) >= 11 is 0. The van der Waals surface area contributed by atoms with E-state index in [-0.39, 0.29) is 24.5 Å². The van der Waals surface area contributed by atoms with Gasteiger partial charge in [0.15, 0.2) is 0 Å². The molecule has 2 N–H and O–H groups in total. The van der Waals surface area contributed by atoms with E-state index in [0.29, 0.717) is 54.2 Å². The Morgan fingerprint density at radius 1 is 1.20 bits per heavy atom. The van der Waals surface area contributed by atoms with Gasteiger partial charge in [-0.2, -0.15) is 0 Å². The lowest BCUT2D eigenvalue weighted by Crippen LogP contribution is -2.66. The minimum atomic E-state index is -0.0201. The predicted octanol–water partition coefficient (Wildman–Crippen LogP) is 2.42. The van der Waals surface area contributed by atoms with Crippen molar-refractivity contribution in [1.82, 2.24) is 20.4 Å². The lowest BCUT2D eigenvalue weighted by Gasteiger charge is -2.52. The second kappa shape index (κ2) is 10.9. The van der Waals surface area contributed by atoms with Crippen LogP contribution in [0.1, 0.15) is 57.8 Å². The summed E-state index contributed by atoms with van der Waals surface area (Å²) in [6.07, 6.45) is 11.7. The number of piperidine rings is 2. The standard InChI is InChI=1S/C28H46N4O3/c1-4-8-20-23(35-17-24(33)29-14-7-16-31(2)3)12-11-22-25(20)21-13-15-30-26-18-9-5-6-10-19(18)28(34)32(22)27(21)26/h4,18-23,25-27,30H,1,5-17H2,2-3H3,(H,29,33). The Balaban J connectivity index is 1.28. The minimum Gasteiger partial charge on any atom is -0.368 e. The average molecular weight is 487 g/mol. The SMILES string of the molecule is C=CCC1C(OCC(=O)NCCCN(C)C)CCC2C1C1CCNC3C4CCCCC4C(=O)N2C13. The van der Waals surface area contributed by atoms with Gasteiger partial charge in [-0.15, -0.1) is 6.58 Å². The van der Waals surface area contributed by atoms with E-state index in [1.54, 1.807) is 0 Å². The number of rotatable bonds is 9. The van der Waals surface area contributed by atoms with Gasteiger partial charge in [-0.25, -0.2) is 0 Å². The molecule has 0 aromatic heterocycles. The Kier molecular flexibility index (Phi) is 7.85. The third-order valence-electron chi connectivity index (χ3n) is 9.82. The lowest BCUT2D eigenvalue weighted by molar-refractivity contribution is -0.152. The summed E-state index contributed by atoms with van der Waals surface area (Å²) in [6, 6.07) is 1.13. The van der Waals surface area contributed by atoms with Crippen LogP contribution in [0.15, 0.2) is 12.7 Å². The maximum atomic E-state index is 13.8. The molecule has 2 aliphatic carbocycles. The molecule has 7 nitrogen and oxygen atoms in total. The van der Waals surface area contributed by atoms with Crippen LogP contribution in [0.4, 0.5) is 0 Å². The number of nitrogens with one attached hydrogen (secondary N) is 2. The number of allylic oxidation sites excluding steroid dienone is 1. The first-order chi connectivity index (χ1) is 17.0. The predicted molar refractivity (Wildman–Crippen MR) is 137 cm³/mol. The minimum absolute atomic E-state index is 0.0201. The zero-order chi connectivity index (χ0) is 24.5. The van der Waals surface area contributed by atoms with Crippen molar-refractivity contribution in [1.29, 1.82) is 0 Å². The second-order valence-electron chi connectivity index (χ2n) is 12.0. The quantitative estimate of drug-likeness (QED) is 0.387. The van der Waals surface area contributed by atoms with E-state index in [4.69, 9.17) is 4.74 Å². The van der Waals surface area contributed by atoms with Crippen molar-refractivity contribution in [2.45, 2.75) is 82.0 Å². The summed E-state index contributed by atoms with van der Waals surface area (Å²) in [7, 11) is 4.09. The molecule has 9 atom stereocenters. The van der Waals surface area contributed by atoms with Crippen LogP contribution < -0.4 is 10.6 Å². The van der Waals surface area contributed by atoms with E-state index in [1.807, 2.05) is 20.2 Å². The topological polar surface area (TPSA) is 73.9 Å². The molecule has 0 radical (unpaired) electrons. The van der Waals surface area contributed by atoms with E-state index < -0.39 is 0 Å². The van der Waals surface area contributed by atoms with Gasteiger partial charge in [-0.3, -0.25) is 9.59 Å². The Morgan fingerprint density at radius 2 is 2.03 bits per heavy atom. The summed E-state index contributed by atoms with van der Waals surface area (Å²) < 4.78 is 6.32. The maximum absolute atomic E-state index is 13.8. The first-order valence-corrected chi connectivity index (χ1v) is 14.2. The Hall–Kier alpha value is -1.44. The number of amides is 2. The highest BCUT2D eigenvalue weighted by Crippen LogP contribution is 2.56. The molecule has 9 unspecified atom stereocenters. The highest BCUT2D eigenvalue weighted by Gasteiger charge is 2.63. The first kappa shape index (κ1) is 25.2. The van der Waals surface area contributed by atoms with Gasteiger partial charge in [0.1, 0.15) is 6.61 Å². The number of fused-ring (bicyclic) bond motifs is 5. The summed E-state index contributed by atoms with van der Waals surface area (Å²) in [5, 5.41) is 6.89. The Labute approximate surface area is 211 Å². The van der Waals surface area contributed by atoms with Gasteiger partial charge in [0.05, 0.1) is 12.1 Å². The summed E-state index contributed by atoms with van der Waals surface area (Å²) in [4.78, 5) is 30.8. The van der Waals surface area contributed by atoms with E-state index in [2.05, 4.69) is 27.0 Å². The fourth-order valence-electron chi connectivity index (χ4n) is 8.56. The molecule has 5 aliphatic rings. The third kappa shape index (κ3) is 4.80. The molecule has 5 rings (SSSR count). The molecule has 3 saturated heterocycles. The smallest absolute Gasteiger partial charge is 0.246 e. The Morgan fingerprint density at radius 3 is 2.83 bits per heavy atom. The van der Waals surface area contributed by atoms with Crippen LogP contribution in [0.2, 0.25) is 0 Å². The number of carbonyl (C=O) groups excluding carboxylic acids is 2. The Bertz CT molecular complexity index is 788. The molecule has 0 aromatic carbocycles. The van der Waals surface area contributed by atoms with Crippen molar-refractivity contribution < 1.29 is 14.3 Å². The third-order valence-corrected chi connectivity index (χ3v) is 9.82. The average Bonchev–Trinajstić information content (AvgIpc) is 3.20. The van der Waals surface area contributed by atoms with E-state index >= 15 is 0 Å². The molecule has 0 bridgehead atoms. The molecule has 2 saturated carbocycles. The number of nitrogens with zero attached hydrogens (tertiary/aromatic N) is 2. The highest BCUT2D eigenvalue weighted by molar-refractivity contribution is 5.82. The number of hydrogen-bond donors (Lipinski definition) is 2. The molecule has 35 heavy (non-hydrogen) atoms. The molecule has 5 fully saturated rings. The molecule has 2 amide bonds. The zero-order valence-electron chi connectivity index (χ0n) is 21.8. The lowest BCUT2D eigenvalue weighted by atomic mass is 9.63. The molecule has 196 valence electrons. The number of carbonyl (C=O) groups is 2. The van der Waals surface area contributed by atoms with Gasteiger partial charge in [-0.05, 0) is 95.8 Å². The van der Waals surface area contributed by atoms with Crippen LogP contribution in [0.25, 0.3) is 0 Å². The van der Waals surface area contributed by atoms with Gasteiger partial charge >= 0.3 is 0 Å². The number of ether oxygens (including phenoxy) is 1. The summed E-state index contributed by atoms with van der Waals surface area (Å²) in [5.74, 6) is 2.48. The molecular weight excluding hydrogens is 440 g/mol. The van der Waals surface area contributed by atoms with Gasteiger partial charge in [0.25, 0.3) is 0 Å². The fourth-order valence-corrected chi connectivity index (χ4v) is 8.56. The number of hydrogen-bond acceptors (Lipinski definition) is 5. The molecule has 0 aromatic rings.